The zero-order valence-corrected chi connectivity index (χ0v) is 11.8. The first kappa shape index (κ1) is 15.0. The van der Waals surface area contributed by atoms with Gasteiger partial charge in [-0.15, -0.1) is 0 Å². The lowest BCUT2D eigenvalue weighted by atomic mass is 10.0. The number of carboxylic acid groups (broad SMARTS) is 1. The number of carbonyl (C=O) groups is 1. The molecule has 0 bridgehead atoms. The Hall–Kier alpha value is -2.36. The van der Waals surface area contributed by atoms with E-state index < -0.39 is 5.97 Å². The minimum Gasteiger partial charge on any atom is -0.494 e. The van der Waals surface area contributed by atoms with Crippen molar-refractivity contribution < 1.29 is 19.0 Å². The lowest BCUT2D eigenvalue weighted by Crippen LogP contribution is -2.01. The van der Waals surface area contributed by atoms with E-state index >= 15 is 0 Å². The Morgan fingerprint density at radius 2 is 2.00 bits per heavy atom. The molecule has 3 nitrogen and oxygen atoms in total. The molecule has 21 heavy (non-hydrogen) atoms. The molecule has 0 amide bonds. The van der Waals surface area contributed by atoms with Crippen LogP contribution in [0.4, 0.5) is 4.39 Å². The molecule has 0 aliphatic carbocycles. The van der Waals surface area contributed by atoms with E-state index in [4.69, 9.17) is 4.74 Å². The van der Waals surface area contributed by atoms with Gasteiger partial charge in [0.25, 0.3) is 0 Å². The number of ether oxygens (including phenoxy) is 1. The smallest absolute Gasteiger partial charge is 0.335 e. The minimum absolute atomic E-state index is 0.128. The average molecular weight is 288 g/mol. The second kappa shape index (κ2) is 6.88. The quantitative estimate of drug-likeness (QED) is 0.803. The van der Waals surface area contributed by atoms with Crippen molar-refractivity contribution in [1.29, 1.82) is 0 Å². The second-order valence-corrected chi connectivity index (χ2v) is 4.76. The van der Waals surface area contributed by atoms with Crippen molar-refractivity contribution in [3.05, 3.63) is 53.8 Å². The second-order valence-electron chi connectivity index (χ2n) is 4.76. The van der Waals surface area contributed by atoms with Crippen LogP contribution in [-0.4, -0.2) is 17.7 Å². The Labute approximate surface area is 123 Å². The Morgan fingerprint density at radius 1 is 1.19 bits per heavy atom. The van der Waals surface area contributed by atoms with Gasteiger partial charge in [-0.3, -0.25) is 0 Å². The molecule has 0 aromatic heterocycles. The molecule has 110 valence electrons. The van der Waals surface area contributed by atoms with Crippen LogP contribution in [-0.2, 0) is 0 Å². The highest BCUT2D eigenvalue weighted by molar-refractivity contribution is 5.90. The van der Waals surface area contributed by atoms with E-state index in [1.807, 2.05) is 0 Å². The number of hydrogen-bond acceptors (Lipinski definition) is 2. The van der Waals surface area contributed by atoms with Crippen LogP contribution in [0.2, 0.25) is 0 Å². The van der Waals surface area contributed by atoms with Gasteiger partial charge >= 0.3 is 5.97 Å². The molecule has 2 rings (SSSR count). The maximum Gasteiger partial charge on any atom is 0.335 e. The van der Waals surface area contributed by atoms with E-state index in [0.717, 1.165) is 12.8 Å². The van der Waals surface area contributed by atoms with Gasteiger partial charge in [0.05, 0.1) is 12.2 Å². The standard InChI is InChI=1S/C17H17FO3/c1-2-3-7-21-16-10-13(8-14(11-16)17(19)20)12-5-4-6-15(18)9-12/h4-6,8-11H,2-3,7H2,1H3,(H,19,20). The first-order valence-electron chi connectivity index (χ1n) is 6.87. The summed E-state index contributed by atoms with van der Waals surface area (Å²) in [5.74, 6) is -0.905. The lowest BCUT2D eigenvalue weighted by Gasteiger charge is -2.10. The summed E-state index contributed by atoms with van der Waals surface area (Å²) < 4.78 is 18.9. The molecule has 2 aromatic carbocycles. The predicted octanol–water partition coefficient (Wildman–Crippen LogP) is 4.37. The third-order valence-electron chi connectivity index (χ3n) is 3.08. The molecular weight excluding hydrogens is 271 g/mol. The first-order valence-corrected chi connectivity index (χ1v) is 6.87. The van der Waals surface area contributed by atoms with Crippen LogP contribution in [0.3, 0.4) is 0 Å². The number of carboxylic acids is 1. The van der Waals surface area contributed by atoms with E-state index in [1.165, 1.54) is 24.3 Å². The fourth-order valence-electron chi connectivity index (χ4n) is 1.97. The van der Waals surface area contributed by atoms with E-state index in [1.54, 1.807) is 18.2 Å². The van der Waals surface area contributed by atoms with Crippen LogP contribution in [0.25, 0.3) is 11.1 Å². The van der Waals surface area contributed by atoms with Crippen molar-refractivity contribution in [2.24, 2.45) is 0 Å². The Morgan fingerprint density at radius 3 is 2.67 bits per heavy atom. The largest absolute Gasteiger partial charge is 0.494 e. The molecule has 0 saturated heterocycles. The van der Waals surface area contributed by atoms with E-state index in [2.05, 4.69) is 6.92 Å². The number of hydrogen-bond donors (Lipinski definition) is 1. The van der Waals surface area contributed by atoms with E-state index in [0.29, 0.717) is 23.5 Å². The fourth-order valence-corrected chi connectivity index (χ4v) is 1.97. The highest BCUT2D eigenvalue weighted by Gasteiger charge is 2.10. The van der Waals surface area contributed by atoms with Gasteiger partial charge in [0.1, 0.15) is 11.6 Å². The van der Waals surface area contributed by atoms with E-state index in [-0.39, 0.29) is 11.4 Å². The Kier molecular flexibility index (Phi) is 4.93. The molecule has 0 saturated carbocycles. The van der Waals surface area contributed by atoms with E-state index in [9.17, 15) is 14.3 Å². The van der Waals surface area contributed by atoms with Crippen LogP contribution < -0.4 is 4.74 Å². The molecule has 4 heteroatoms. The maximum absolute atomic E-state index is 13.3. The zero-order chi connectivity index (χ0) is 15.2. The number of benzene rings is 2. The number of halogens is 1. The molecule has 0 radical (unpaired) electrons. The summed E-state index contributed by atoms with van der Waals surface area (Å²) >= 11 is 0. The first-order chi connectivity index (χ1) is 10.1. The van der Waals surface area contributed by atoms with Crippen LogP contribution in [0.5, 0.6) is 5.75 Å². The topological polar surface area (TPSA) is 46.5 Å². The molecule has 2 aromatic rings. The van der Waals surface area contributed by atoms with Crippen LogP contribution in [0.15, 0.2) is 42.5 Å². The van der Waals surface area contributed by atoms with Crippen molar-refractivity contribution in [2.45, 2.75) is 19.8 Å². The Balaban J connectivity index is 2.37. The molecule has 0 spiro atoms. The third kappa shape index (κ3) is 4.05. The summed E-state index contributed by atoms with van der Waals surface area (Å²) in [6, 6.07) is 10.8. The van der Waals surface area contributed by atoms with Crippen molar-refractivity contribution >= 4 is 5.97 Å². The van der Waals surface area contributed by atoms with Gasteiger partial charge in [-0.1, -0.05) is 25.5 Å². The lowest BCUT2D eigenvalue weighted by molar-refractivity contribution is 0.0696. The number of rotatable bonds is 6. The summed E-state index contributed by atoms with van der Waals surface area (Å²) in [7, 11) is 0. The maximum atomic E-state index is 13.3. The molecule has 0 atom stereocenters. The van der Waals surface area contributed by atoms with Gasteiger partial charge in [-0.2, -0.15) is 0 Å². The number of aromatic carboxylic acids is 1. The van der Waals surface area contributed by atoms with Gasteiger partial charge in [-0.25, -0.2) is 9.18 Å². The summed E-state index contributed by atoms with van der Waals surface area (Å²) in [5.41, 5.74) is 1.38. The summed E-state index contributed by atoms with van der Waals surface area (Å²) in [6.07, 6.45) is 1.89. The van der Waals surface area contributed by atoms with Crippen molar-refractivity contribution in [2.75, 3.05) is 6.61 Å². The highest BCUT2D eigenvalue weighted by Crippen LogP contribution is 2.27. The summed E-state index contributed by atoms with van der Waals surface area (Å²) in [4.78, 5) is 11.2. The predicted molar refractivity (Wildman–Crippen MR) is 79.2 cm³/mol. The van der Waals surface area contributed by atoms with Gasteiger partial charge in [0.15, 0.2) is 0 Å². The van der Waals surface area contributed by atoms with Crippen molar-refractivity contribution in [3.63, 3.8) is 0 Å². The summed E-state index contributed by atoms with van der Waals surface area (Å²) in [5, 5.41) is 9.18. The monoisotopic (exact) mass is 288 g/mol. The summed E-state index contributed by atoms with van der Waals surface area (Å²) in [6.45, 7) is 2.58. The molecule has 0 fully saturated rings. The Bertz CT molecular complexity index is 638. The molecule has 0 heterocycles. The SMILES string of the molecule is CCCCOc1cc(C(=O)O)cc(-c2cccc(F)c2)c1. The van der Waals surface area contributed by atoms with Gasteiger partial charge in [-0.05, 0) is 47.9 Å². The molecule has 0 unspecified atom stereocenters. The van der Waals surface area contributed by atoms with Crippen LogP contribution >= 0.6 is 0 Å². The molecule has 0 aliphatic rings. The van der Waals surface area contributed by atoms with Crippen LogP contribution in [0.1, 0.15) is 30.1 Å². The van der Waals surface area contributed by atoms with Crippen molar-refractivity contribution in [1.82, 2.24) is 0 Å². The molecule has 1 N–H and O–H groups in total. The fraction of sp³-hybridized carbons (Fsp3) is 0.235. The zero-order valence-electron chi connectivity index (χ0n) is 11.8. The molecule has 0 aliphatic heterocycles. The highest BCUT2D eigenvalue weighted by atomic mass is 19.1. The van der Waals surface area contributed by atoms with Crippen molar-refractivity contribution in [3.8, 4) is 16.9 Å². The number of unbranched alkanes of at least 4 members (excludes halogenated alkanes) is 1. The normalized spacial score (nSPS) is 10.4. The minimum atomic E-state index is -1.03. The van der Waals surface area contributed by atoms with Gasteiger partial charge in [0.2, 0.25) is 0 Å². The van der Waals surface area contributed by atoms with Crippen LogP contribution in [0, 0.1) is 5.82 Å². The third-order valence-corrected chi connectivity index (χ3v) is 3.08. The van der Waals surface area contributed by atoms with Gasteiger partial charge < -0.3 is 9.84 Å². The molecular formula is C17H17FO3. The average Bonchev–Trinajstić information content (AvgIpc) is 2.47. The van der Waals surface area contributed by atoms with Gasteiger partial charge in [0, 0.05) is 0 Å².